The fourth-order valence-corrected chi connectivity index (χ4v) is 5.73. The number of hydrogen-bond acceptors (Lipinski definition) is 3. The van der Waals surface area contributed by atoms with E-state index >= 15 is 0 Å². The summed E-state index contributed by atoms with van der Waals surface area (Å²) >= 11 is 0. The van der Waals surface area contributed by atoms with Crippen LogP contribution >= 0.6 is 0 Å². The lowest BCUT2D eigenvalue weighted by Crippen LogP contribution is -2.29. The predicted octanol–water partition coefficient (Wildman–Crippen LogP) is 12.6. The molecule has 3 nitrogen and oxygen atoms in total. The largest absolute Gasteiger partial charge is 0.494 e. The van der Waals surface area contributed by atoms with E-state index in [2.05, 4.69) is 38.1 Å². The van der Waals surface area contributed by atoms with E-state index in [4.69, 9.17) is 14.5 Å². The average Bonchev–Trinajstić information content (AvgIpc) is 3.01. The van der Waals surface area contributed by atoms with Gasteiger partial charge in [-0.1, -0.05) is 177 Å². The Hall–Kier alpha value is -1.84. The van der Waals surface area contributed by atoms with Crippen LogP contribution in [0.4, 0.5) is 0 Å². The van der Waals surface area contributed by atoms with E-state index in [9.17, 15) is 0 Å². The van der Waals surface area contributed by atoms with Crippen LogP contribution in [0, 0.1) is 0 Å². The van der Waals surface area contributed by atoms with Crippen LogP contribution < -0.4 is 4.74 Å². The molecule has 0 radical (unpaired) electrons. The van der Waals surface area contributed by atoms with Gasteiger partial charge in [-0.05, 0) is 43.9 Å². The van der Waals surface area contributed by atoms with E-state index < -0.39 is 0 Å². The highest BCUT2D eigenvalue weighted by Crippen LogP contribution is 2.28. The molecule has 0 saturated carbocycles. The van der Waals surface area contributed by atoms with Crippen LogP contribution in [0.2, 0.25) is 0 Å². The minimum Gasteiger partial charge on any atom is -0.494 e. The Kier molecular flexibility index (Phi) is 22.2. The van der Waals surface area contributed by atoms with Crippen molar-refractivity contribution in [3.8, 4) is 5.75 Å². The molecule has 1 unspecified atom stereocenters. The van der Waals surface area contributed by atoms with Crippen molar-refractivity contribution >= 4 is 0 Å². The average molecular weight is 581 g/mol. The number of unbranched alkanes of at least 4 members (excludes halogenated alkanes) is 18. The normalized spacial score (nSPS) is 12.8. The van der Waals surface area contributed by atoms with E-state index in [-0.39, 0.29) is 5.60 Å². The zero-order valence-electron chi connectivity index (χ0n) is 27.5. The van der Waals surface area contributed by atoms with Gasteiger partial charge in [0, 0.05) is 0 Å². The first-order valence-electron chi connectivity index (χ1n) is 17.7. The number of ether oxygens (including phenoxy) is 1. The lowest BCUT2D eigenvalue weighted by Gasteiger charge is -2.28. The summed E-state index contributed by atoms with van der Waals surface area (Å²) in [6, 6.07) is 20.5. The Labute approximate surface area is 260 Å². The highest BCUT2D eigenvalue weighted by atomic mass is 17.2. The molecule has 0 spiro atoms. The molecule has 2 aromatic rings. The van der Waals surface area contributed by atoms with Crippen molar-refractivity contribution in [1.82, 2.24) is 0 Å². The Morgan fingerprint density at radius 1 is 0.500 bits per heavy atom. The molecule has 0 aliphatic rings. The van der Waals surface area contributed by atoms with Gasteiger partial charge in [0.2, 0.25) is 0 Å². The lowest BCUT2D eigenvalue weighted by molar-refractivity contribution is -0.368. The second-order valence-corrected chi connectivity index (χ2v) is 12.7. The Bertz CT molecular complexity index is 824. The van der Waals surface area contributed by atoms with Gasteiger partial charge in [-0.3, -0.25) is 0 Å². The van der Waals surface area contributed by atoms with E-state index in [1.807, 2.05) is 36.4 Å². The second-order valence-electron chi connectivity index (χ2n) is 12.7. The third-order valence-corrected chi connectivity index (χ3v) is 8.50. The van der Waals surface area contributed by atoms with Gasteiger partial charge in [-0.15, -0.1) is 0 Å². The molecule has 0 fully saturated rings. The first-order valence-corrected chi connectivity index (χ1v) is 17.7. The molecular weight excluding hydrogens is 516 g/mol. The molecule has 0 bridgehead atoms. The summed E-state index contributed by atoms with van der Waals surface area (Å²) < 4.78 is 5.78. The Balaban J connectivity index is 1.42. The lowest BCUT2D eigenvalue weighted by atomic mass is 9.91. The molecule has 3 heteroatoms. The van der Waals surface area contributed by atoms with Crippen LogP contribution in [0.15, 0.2) is 60.7 Å². The number of benzene rings is 2. The molecule has 0 aromatic heterocycles. The summed E-state index contributed by atoms with van der Waals surface area (Å²) in [5.74, 6) is 0.995. The smallest absolute Gasteiger partial charge is 0.119 e. The molecule has 0 amide bonds. The quantitative estimate of drug-likeness (QED) is 0.0544. The van der Waals surface area contributed by atoms with Gasteiger partial charge in [0.1, 0.15) is 18.0 Å². The predicted molar refractivity (Wildman–Crippen MR) is 180 cm³/mol. The van der Waals surface area contributed by atoms with Gasteiger partial charge in [-0.2, -0.15) is 0 Å². The number of hydrogen-bond donors (Lipinski definition) is 0. The molecule has 238 valence electrons. The number of rotatable bonds is 29. The monoisotopic (exact) mass is 580 g/mol. The standard InChI is InChI=1S/C39H64O3/c1-3-4-5-6-17-26-33-39(2,42-41-36-37-29-22-20-23-30-37)34-27-18-15-13-11-9-7-8-10-12-14-16-19-28-35-40-38-31-24-21-25-32-38/h20-25,29-32H,3-19,26-28,33-36H2,1-2H3. The van der Waals surface area contributed by atoms with E-state index in [1.54, 1.807) is 0 Å². The second kappa shape index (κ2) is 25.6. The molecule has 2 aromatic carbocycles. The van der Waals surface area contributed by atoms with Crippen LogP contribution in [0.1, 0.15) is 161 Å². The van der Waals surface area contributed by atoms with Crippen molar-refractivity contribution in [2.24, 2.45) is 0 Å². The minimum absolute atomic E-state index is 0.171. The zero-order chi connectivity index (χ0) is 29.8. The van der Waals surface area contributed by atoms with E-state index in [0.29, 0.717) is 6.61 Å². The first kappa shape index (κ1) is 36.4. The molecule has 0 heterocycles. The Morgan fingerprint density at radius 2 is 0.929 bits per heavy atom. The fourth-order valence-electron chi connectivity index (χ4n) is 5.73. The van der Waals surface area contributed by atoms with Crippen LogP contribution in [-0.4, -0.2) is 12.2 Å². The van der Waals surface area contributed by atoms with Gasteiger partial charge in [0.05, 0.1) is 6.61 Å². The Morgan fingerprint density at radius 3 is 1.43 bits per heavy atom. The van der Waals surface area contributed by atoms with Gasteiger partial charge in [0.15, 0.2) is 0 Å². The molecule has 0 aliphatic heterocycles. The highest BCUT2D eigenvalue weighted by molar-refractivity contribution is 5.20. The van der Waals surface area contributed by atoms with Gasteiger partial charge in [0.25, 0.3) is 0 Å². The number of para-hydroxylation sites is 1. The minimum atomic E-state index is -0.171. The third kappa shape index (κ3) is 20.1. The highest BCUT2D eigenvalue weighted by Gasteiger charge is 2.26. The summed E-state index contributed by atoms with van der Waals surface area (Å²) in [7, 11) is 0. The van der Waals surface area contributed by atoms with Crippen molar-refractivity contribution in [3.05, 3.63) is 66.2 Å². The van der Waals surface area contributed by atoms with Crippen molar-refractivity contribution in [2.75, 3.05) is 6.61 Å². The van der Waals surface area contributed by atoms with Crippen molar-refractivity contribution < 1.29 is 14.5 Å². The van der Waals surface area contributed by atoms with E-state index in [0.717, 1.165) is 25.2 Å². The van der Waals surface area contributed by atoms with Gasteiger partial charge in [-0.25, -0.2) is 9.78 Å². The first-order chi connectivity index (χ1) is 20.7. The fraction of sp³-hybridized carbons (Fsp3) is 0.692. The molecule has 42 heavy (non-hydrogen) atoms. The summed E-state index contributed by atoms with van der Waals surface area (Å²) in [6.07, 6.45) is 29.0. The molecule has 0 N–H and O–H groups in total. The van der Waals surface area contributed by atoms with Crippen molar-refractivity contribution in [2.45, 2.75) is 167 Å². The third-order valence-electron chi connectivity index (χ3n) is 8.50. The summed E-state index contributed by atoms with van der Waals surface area (Å²) in [6.45, 7) is 5.92. The maximum atomic E-state index is 6.10. The zero-order valence-corrected chi connectivity index (χ0v) is 27.5. The van der Waals surface area contributed by atoms with E-state index in [1.165, 1.54) is 134 Å². The van der Waals surface area contributed by atoms with Crippen molar-refractivity contribution in [3.63, 3.8) is 0 Å². The van der Waals surface area contributed by atoms with Crippen LogP contribution in [0.3, 0.4) is 0 Å². The molecule has 0 aliphatic carbocycles. The maximum Gasteiger partial charge on any atom is 0.119 e. The molecule has 1 atom stereocenters. The summed E-state index contributed by atoms with van der Waals surface area (Å²) in [4.78, 5) is 11.9. The molecular formula is C39H64O3. The van der Waals surface area contributed by atoms with Crippen molar-refractivity contribution in [1.29, 1.82) is 0 Å². The molecule has 2 rings (SSSR count). The van der Waals surface area contributed by atoms with Crippen LogP contribution in [-0.2, 0) is 16.4 Å². The van der Waals surface area contributed by atoms with Crippen LogP contribution in [0.5, 0.6) is 5.75 Å². The topological polar surface area (TPSA) is 27.7 Å². The summed E-state index contributed by atoms with van der Waals surface area (Å²) in [5, 5.41) is 0. The van der Waals surface area contributed by atoms with Gasteiger partial charge < -0.3 is 4.74 Å². The van der Waals surface area contributed by atoms with Crippen LogP contribution in [0.25, 0.3) is 0 Å². The maximum absolute atomic E-state index is 6.10. The SMILES string of the molecule is CCCCCCCCC(C)(CCCCCCCCCCCCCCCCOc1ccccc1)OOCc1ccccc1. The summed E-state index contributed by atoms with van der Waals surface area (Å²) in [5.41, 5.74) is 0.996. The van der Waals surface area contributed by atoms with Gasteiger partial charge >= 0.3 is 0 Å². The molecule has 0 saturated heterocycles.